The third-order valence-corrected chi connectivity index (χ3v) is 2.79. The molecule has 94 valence electrons. The van der Waals surface area contributed by atoms with Gasteiger partial charge in [-0.15, -0.1) is 0 Å². The Morgan fingerprint density at radius 1 is 1.59 bits per heavy atom. The van der Waals surface area contributed by atoms with Gasteiger partial charge in [0.15, 0.2) is 6.10 Å². The second-order valence-corrected chi connectivity index (χ2v) is 4.61. The van der Waals surface area contributed by atoms with Gasteiger partial charge in [-0.05, 0) is 31.7 Å². The first-order valence-corrected chi connectivity index (χ1v) is 6.29. The van der Waals surface area contributed by atoms with E-state index >= 15 is 0 Å². The van der Waals surface area contributed by atoms with Crippen molar-refractivity contribution in [1.82, 2.24) is 5.32 Å². The average Bonchev–Trinajstić information content (AvgIpc) is 2.29. The van der Waals surface area contributed by atoms with Crippen molar-refractivity contribution in [2.24, 2.45) is 5.73 Å². The molecule has 0 bridgehead atoms. The van der Waals surface area contributed by atoms with Gasteiger partial charge < -0.3 is 15.8 Å². The highest BCUT2D eigenvalue weighted by molar-refractivity contribution is 9.10. The topological polar surface area (TPSA) is 64.3 Å². The minimum Gasteiger partial charge on any atom is -0.481 e. The van der Waals surface area contributed by atoms with Gasteiger partial charge in [-0.25, -0.2) is 0 Å². The first-order chi connectivity index (χ1) is 8.04. The molecule has 4 nitrogen and oxygen atoms in total. The minimum absolute atomic E-state index is 0.470. The molecular weight excluding hydrogens is 284 g/mol. The summed E-state index contributed by atoms with van der Waals surface area (Å²) in [6.45, 7) is 5.24. The lowest BCUT2D eigenvalue weighted by Gasteiger charge is -2.15. The lowest BCUT2D eigenvalue weighted by molar-refractivity contribution is -0.124. The molecule has 0 spiro atoms. The Morgan fingerprint density at radius 2 is 2.29 bits per heavy atom. The molecule has 1 atom stereocenters. The number of nitrogens with one attached hydrogen (secondary N) is 1. The van der Waals surface area contributed by atoms with E-state index in [0.29, 0.717) is 12.3 Å². The lowest BCUT2D eigenvalue weighted by atomic mass is 10.2. The van der Waals surface area contributed by atoms with Crippen LogP contribution in [0.15, 0.2) is 22.7 Å². The highest BCUT2D eigenvalue weighted by atomic mass is 79.9. The molecule has 0 aliphatic rings. The van der Waals surface area contributed by atoms with Crippen molar-refractivity contribution < 1.29 is 9.53 Å². The maximum absolute atomic E-state index is 11.0. The maximum atomic E-state index is 11.0. The van der Waals surface area contributed by atoms with E-state index < -0.39 is 12.0 Å². The van der Waals surface area contributed by atoms with Crippen LogP contribution in [0.4, 0.5) is 0 Å². The maximum Gasteiger partial charge on any atom is 0.258 e. The van der Waals surface area contributed by atoms with Gasteiger partial charge in [-0.3, -0.25) is 4.79 Å². The monoisotopic (exact) mass is 300 g/mol. The van der Waals surface area contributed by atoms with Crippen LogP contribution in [0.3, 0.4) is 0 Å². The molecule has 0 aliphatic heterocycles. The van der Waals surface area contributed by atoms with Crippen molar-refractivity contribution >= 4 is 21.8 Å². The Labute approximate surface area is 110 Å². The van der Waals surface area contributed by atoms with Crippen molar-refractivity contribution in [2.45, 2.75) is 26.5 Å². The standard InChI is InChI=1S/C12H17BrN2O2/c1-3-15-7-9-6-10(13)4-5-11(9)17-8(2)12(14)16/h4-6,8,15H,3,7H2,1-2H3,(H2,14,16). The van der Waals surface area contributed by atoms with Crippen LogP contribution in [-0.4, -0.2) is 18.6 Å². The second-order valence-electron chi connectivity index (χ2n) is 3.69. The van der Waals surface area contributed by atoms with Gasteiger partial charge >= 0.3 is 0 Å². The zero-order valence-corrected chi connectivity index (χ0v) is 11.6. The van der Waals surface area contributed by atoms with E-state index in [1.54, 1.807) is 6.92 Å². The van der Waals surface area contributed by atoms with E-state index in [1.807, 2.05) is 25.1 Å². The summed E-state index contributed by atoms with van der Waals surface area (Å²) in [6.07, 6.45) is -0.628. The molecule has 1 unspecified atom stereocenters. The van der Waals surface area contributed by atoms with Crippen LogP contribution in [0.1, 0.15) is 19.4 Å². The SMILES string of the molecule is CCNCc1cc(Br)ccc1OC(C)C(N)=O. The summed E-state index contributed by atoms with van der Waals surface area (Å²) in [7, 11) is 0. The molecule has 17 heavy (non-hydrogen) atoms. The van der Waals surface area contributed by atoms with Crippen molar-refractivity contribution in [3.8, 4) is 5.75 Å². The molecule has 1 aromatic carbocycles. The summed E-state index contributed by atoms with van der Waals surface area (Å²) in [4.78, 5) is 11.0. The Morgan fingerprint density at radius 3 is 2.88 bits per heavy atom. The summed E-state index contributed by atoms with van der Waals surface area (Å²) < 4.78 is 6.50. The largest absolute Gasteiger partial charge is 0.481 e. The predicted octanol–water partition coefficient (Wildman–Crippen LogP) is 1.81. The number of carbonyl (C=O) groups is 1. The number of carbonyl (C=O) groups excluding carboxylic acids is 1. The average molecular weight is 301 g/mol. The Balaban J connectivity index is 2.85. The smallest absolute Gasteiger partial charge is 0.258 e. The fourth-order valence-electron chi connectivity index (χ4n) is 1.31. The molecule has 0 radical (unpaired) electrons. The zero-order valence-electron chi connectivity index (χ0n) is 10.00. The first kappa shape index (κ1) is 14.0. The molecule has 1 amide bonds. The molecule has 0 aliphatic carbocycles. The van der Waals surface area contributed by atoms with E-state index in [4.69, 9.17) is 10.5 Å². The molecule has 0 saturated carbocycles. The van der Waals surface area contributed by atoms with Crippen molar-refractivity contribution in [3.05, 3.63) is 28.2 Å². The minimum atomic E-state index is -0.628. The van der Waals surface area contributed by atoms with E-state index in [9.17, 15) is 4.79 Å². The number of ether oxygens (including phenoxy) is 1. The zero-order chi connectivity index (χ0) is 12.8. The quantitative estimate of drug-likeness (QED) is 0.842. The number of hydrogen-bond acceptors (Lipinski definition) is 3. The summed E-state index contributed by atoms with van der Waals surface area (Å²) in [6, 6.07) is 5.67. The summed E-state index contributed by atoms with van der Waals surface area (Å²) >= 11 is 3.41. The lowest BCUT2D eigenvalue weighted by Crippen LogP contribution is -2.31. The normalized spacial score (nSPS) is 12.2. The molecule has 3 N–H and O–H groups in total. The summed E-state index contributed by atoms with van der Waals surface area (Å²) in [5, 5.41) is 3.22. The van der Waals surface area contributed by atoms with Crippen LogP contribution < -0.4 is 15.8 Å². The van der Waals surface area contributed by atoms with E-state index in [0.717, 1.165) is 16.6 Å². The first-order valence-electron chi connectivity index (χ1n) is 5.49. The molecule has 1 rings (SSSR count). The van der Waals surface area contributed by atoms with Gasteiger partial charge in [-0.2, -0.15) is 0 Å². The van der Waals surface area contributed by atoms with Gasteiger partial charge in [-0.1, -0.05) is 22.9 Å². The van der Waals surface area contributed by atoms with Gasteiger partial charge in [0.05, 0.1) is 0 Å². The Kier molecular flexibility index (Phi) is 5.44. The summed E-state index contributed by atoms with van der Waals surface area (Å²) in [5.74, 6) is 0.211. The number of halogens is 1. The number of rotatable bonds is 6. The molecule has 0 aromatic heterocycles. The van der Waals surface area contributed by atoms with Crippen molar-refractivity contribution in [2.75, 3.05) is 6.54 Å². The van der Waals surface area contributed by atoms with Crippen LogP contribution in [0, 0.1) is 0 Å². The third kappa shape index (κ3) is 4.36. The fraction of sp³-hybridized carbons (Fsp3) is 0.417. The van der Waals surface area contributed by atoms with Crippen LogP contribution in [-0.2, 0) is 11.3 Å². The number of hydrogen-bond donors (Lipinski definition) is 2. The van der Waals surface area contributed by atoms with E-state index in [2.05, 4.69) is 21.2 Å². The number of amides is 1. The van der Waals surface area contributed by atoms with Gasteiger partial charge in [0.2, 0.25) is 0 Å². The molecule has 1 aromatic rings. The van der Waals surface area contributed by atoms with E-state index in [-0.39, 0.29) is 0 Å². The predicted molar refractivity (Wildman–Crippen MR) is 70.8 cm³/mol. The highest BCUT2D eigenvalue weighted by Crippen LogP contribution is 2.24. The molecule has 0 fully saturated rings. The second kappa shape index (κ2) is 6.61. The molecular formula is C12H17BrN2O2. The van der Waals surface area contributed by atoms with Crippen molar-refractivity contribution in [1.29, 1.82) is 0 Å². The van der Waals surface area contributed by atoms with Gasteiger partial charge in [0.1, 0.15) is 5.75 Å². The van der Waals surface area contributed by atoms with Crippen LogP contribution in [0.2, 0.25) is 0 Å². The van der Waals surface area contributed by atoms with Gasteiger partial charge in [0, 0.05) is 16.6 Å². The number of benzene rings is 1. The third-order valence-electron chi connectivity index (χ3n) is 2.29. The molecule has 0 saturated heterocycles. The summed E-state index contributed by atoms with van der Waals surface area (Å²) in [5.41, 5.74) is 6.17. The van der Waals surface area contributed by atoms with Crippen molar-refractivity contribution in [3.63, 3.8) is 0 Å². The highest BCUT2D eigenvalue weighted by Gasteiger charge is 2.13. The van der Waals surface area contributed by atoms with Crippen LogP contribution in [0.5, 0.6) is 5.75 Å². The fourth-order valence-corrected chi connectivity index (χ4v) is 1.72. The van der Waals surface area contributed by atoms with Crippen LogP contribution in [0.25, 0.3) is 0 Å². The Hall–Kier alpha value is -1.07. The van der Waals surface area contributed by atoms with Crippen LogP contribution >= 0.6 is 15.9 Å². The van der Waals surface area contributed by atoms with Gasteiger partial charge in [0.25, 0.3) is 5.91 Å². The molecule has 5 heteroatoms. The Bertz CT molecular complexity index is 396. The van der Waals surface area contributed by atoms with E-state index in [1.165, 1.54) is 0 Å². The number of primary amides is 1. The number of nitrogens with two attached hydrogens (primary N) is 1. The molecule has 0 heterocycles.